The highest BCUT2D eigenvalue weighted by Crippen LogP contribution is 2.14. The zero-order chi connectivity index (χ0) is 12.1. The molecule has 0 saturated heterocycles. The highest BCUT2D eigenvalue weighted by atomic mass is 16.1. The standard InChI is InChI=1S/C13H13N3O/c1-14-13(17)12-8-7-11(9-15-12)16-10-5-3-2-4-6-10/h2-9,16H,1H3,(H,14,17). The molecule has 4 heteroatoms. The van der Waals surface area contributed by atoms with Gasteiger partial charge in [0, 0.05) is 12.7 Å². The van der Waals surface area contributed by atoms with Crippen molar-refractivity contribution in [1.29, 1.82) is 0 Å². The van der Waals surface area contributed by atoms with Gasteiger partial charge in [-0.2, -0.15) is 0 Å². The molecule has 0 saturated carbocycles. The van der Waals surface area contributed by atoms with Crippen LogP contribution in [0.5, 0.6) is 0 Å². The predicted molar refractivity (Wildman–Crippen MR) is 67.4 cm³/mol. The molecule has 1 aromatic carbocycles. The van der Waals surface area contributed by atoms with E-state index in [-0.39, 0.29) is 5.91 Å². The molecule has 4 nitrogen and oxygen atoms in total. The molecule has 2 N–H and O–H groups in total. The van der Waals surface area contributed by atoms with Crippen LogP contribution in [-0.4, -0.2) is 17.9 Å². The second-order valence-corrected chi connectivity index (χ2v) is 3.50. The van der Waals surface area contributed by atoms with Gasteiger partial charge in [-0.15, -0.1) is 0 Å². The number of pyridine rings is 1. The Labute approximate surface area is 99.7 Å². The average Bonchev–Trinajstić information content (AvgIpc) is 2.40. The maximum atomic E-state index is 11.3. The highest BCUT2D eigenvalue weighted by Gasteiger charge is 2.03. The lowest BCUT2D eigenvalue weighted by atomic mass is 10.3. The van der Waals surface area contributed by atoms with E-state index in [4.69, 9.17) is 0 Å². The first-order valence-electron chi connectivity index (χ1n) is 5.30. The van der Waals surface area contributed by atoms with Crippen molar-refractivity contribution in [2.75, 3.05) is 12.4 Å². The van der Waals surface area contributed by atoms with E-state index in [1.807, 2.05) is 36.4 Å². The zero-order valence-corrected chi connectivity index (χ0v) is 9.47. The van der Waals surface area contributed by atoms with Crippen LogP contribution in [0, 0.1) is 0 Å². The van der Waals surface area contributed by atoms with Gasteiger partial charge in [-0.25, -0.2) is 4.98 Å². The minimum Gasteiger partial charge on any atom is -0.354 e. The Hall–Kier alpha value is -2.36. The van der Waals surface area contributed by atoms with Crippen molar-refractivity contribution in [2.45, 2.75) is 0 Å². The molecule has 0 fully saturated rings. The van der Waals surface area contributed by atoms with Gasteiger partial charge in [0.15, 0.2) is 0 Å². The smallest absolute Gasteiger partial charge is 0.269 e. The van der Waals surface area contributed by atoms with E-state index in [2.05, 4.69) is 15.6 Å². The summed E-state index contributed by atoms with van der Waals surface area (Å²) in [5.74, 6) is -0.184. The minimum atomic E-state index is -0.184. The molecular weight excluding hydrogens is 214 g/mol. The van der Waals surface area contributed by atoms with Crippen molar-refractivity contribution >= 4 is 17.3 Å². The van der Waals surface area contributed by atoms with Crippen molar-refractivity contribution in [3.63, 3.8) is 0 Å². The Balaban J connectivity index is 2.11. The number of carbonyl (C=O) groups excluding carboxylic acids is 1. The van der Waals surface area contributed by atoms with Crippen LogP contribution in [0.15, 0.2) is 48.7 Å². The number of nitrogens with one attached hydrogen (secondary N) is 2. The number of anilines is 2. The van der Waals surface area contributed by atoms with E-state index in [9.17, 15) is 4.79 Å². The van der Waals surface area contributed by atoms with Gasteiger partial charge in [-0.1, -0.05) is 18.2 Å². The van der Waals surface area contributed by atoms with E-state index in [0.717, 1.165) is 11.4 Å². The molecule has 17 heavy (non-hydrogen) atoms. The van der Waals surface area contributed by atoms with Gasteiger partial charge >= 0.3 is 0 Å². The molecular formula is C13H13N3O. The summed E-state index contributed by atoms with van der Waals surface area (Å²) in [5.41, 5.74) is 2.25. The van der Waals surface area contributed by atoms with Crippen molar-refractivity contribution in [3.8, 4) is 0 Å². The number of para-hydroxylation sites is 1. The van der Waals surface area contributed by atoms with Gasteiger partial charge in [-0.05, 0) is 24.3 Å². The molecule has 0 bridgehead atoms. The van der Waals surface area contributed by atoms with Crippen LogP contribution in [-0.2, 0) is 0 Å². The largest absolute Gasteiger partial charge is 0.354 e. The minimum absolute atomic E-state index is 0.184. The number of rotatable bonds is 3. The van der Waals surface area contributed by atoms with Gasteiger partial charge < -0.3 is 10.6 Å². The normalized spacial score (nSPS) is 9.71. The van der Waals surface area contributed by atoms with Crippen LogP contribution in [0.1, 0.15) is 10.5 Å². The molecule has 1 heterocycles. The number of benzene rings is 1. The molecule has 1 amide bonds. The monoisotopic (exact) mass is 227 g/mol. The summed E-state index contributed by atoms with van der Waals surface area (Å²) in [7, 11) is 1.58. The third-order valence-corrected chi connectivity index (χ3v) is 2.29. The number of carbonyl (C=O) groups is 1. The maximum absolute atomic E-state index is 11.3. The number of amides is 1. The first-order valence-corrected chi connectivity index (χ1v) is 5.30. The summed E-state index contributed by atoms with van der Waals surface area (Å²) < 4.78 is 0. The number of aromatic nitrogens is 1. The van der Waals surface area contributed by atoms with E-state index < -0.39 is 0 Å². The van der Waals surface area contributed by atoms with E-state index in [1.54, 1.807) is 19.3 Å². The van der Waals surface area contributed by atoms with Crippen LogP contribution < -0.4 is 10.6 Å². The second kappa shape index (κ2) is 5.12. The quantitative estimate of drug-likeness (QED) is 0.845. The van der Waals surface area contributed by atoms with E-state index in [1.165, 1.54) is 0 Å². The van der Waals surface area contributed by atoms with Crippen molar-refractivity contribution in [2.24, 2.45) is 0 Å². The summed E-state index contributed by atoms with van der Waals surface area (Å²) in [5, 5.41) is 5.72. The molecule has 0 aliphatic rings. The molecule has 1 aromatic heterocycles. The van der Waals surface area contributed by atoms with Crippen LogP contribution in [0.2, 0.25) is 0 Å². The lowest BCUT2D eigenvalue weighted by Gasteiger charge is -2.06. The Morgan fingerprint density at radius 3 is 2.41 bits per heavy atom. The Morgan fingerprint density at radius 2 is 1.82 bits per heavy atom. The van der Waals surface area contributed by atoms with Gasteiger partial charge in [0.1, 0.15) is 5.69 Å². The van der Waals surface area contributed by atoms with E-state index in [0.29, 0.717) is 5.69 Å². The van der Waals surface area contributed by atoms with Crippen molar-refractivity contribution in [1.82, 2.24) is 10.3 Å². The van der Waals surface area contributed by atoms with Crippen LogP contribution in [0.25, 0.3) is 0 Å². The zero-order valence-electron chi connectivity index (χ0n) is 9.47. The van der Waals surface area contributed by atoms with Crippen molar-refractivity contribution < 1.29 is 4.79 Å². The fourth-order valence-corrected chi connectivity index (χ4v) is 1.42. The van der Waals surface area contributed by atoms with Gasteiger partial charge in [0.2, 0.25) is 0 Å². The summed E-state index contributed by atoms with van der Waals surface area (Å²) in [4.78, 5) is 15.4. The average molecular weight is 227 g/mol. The molecule has 0 spiro atoms. The van der Waals surface area contributed by atoms with Gasteiger partial charge in [0.05, 0.1) is 11.9 Å². The van der Waals surface area contributed by atoms with Gasteiger partial charge in [0.25, 0.3) is 5.91 Å². The molecule has 0 aliphatic heterocycles. The fourth-order valence-electron chi connectivity index (χ4n) is 1.42. The summed E-state index contributed by atoms with van der Waals surface area (Å²) in [6, 6.07) is 13.3. The SMILES string of the molecule is CNC(=O)c1ccc(Nc2ccccc2)cn1. The molecule has 0 atom stereocenters. The number of hydrogen-bond donors (Lipinski definition) is 2. The lowest BCUT2D eigenvalue weighted by molar-refractivity contribution is 0.0958. The fraction of sp³-hybridized carbons (Fsp3) is 0.0769. The summed E-state index contributed by atoms with van der Waals surface area (Å²) >= 11 is 0. The molecule has 2 aromatic rings. The van der Waals surface area contributed by atoms with Crippen LogP contribution in [0.3, 0.4) is 0 Å². The van der Waals surface area contributed by atoms with Crippen molar-refractivity contribution in [3.05, 3.63) is 54.4 Å². The third kappa shape index (κ3) is 2.81. The Morgan fingerprint density at radius 1 is 1.06 bits per heavy atom. The highest BCUT2D eigenvalue weighted by molar-refractivity contribution is 5.92. The predicted octanol–water partition coefficient (Wildman–Crippen LogP) is 2.18. The molecule has 2 rings (SSSR count). The molecule has 0 aliphatic carbocycles. The number of hydrogen-bond acceptors (Lipinski definition) is 3. The maximum Gasteiger partial charge on any atom is 0.269 e. The second-order valence-electron chi connectivity index (χ2n) is 3.50. The summed E-state index contributed by atoms with van der Waals surface area (Å²) in [6.45, 7) is 0. The summed E-state index contributed by atoms with van der Waals surface area (Å²) in [6.07, 6.45) is 1.64. The molecule has 0 unspecified atom stereocenters. The first-order chi connectivity index (χ1) is 8.29. The first kappa shape index (κ1) is 11.1. The molecule has 86 valence electrons. The third-order valence-electron chi connectivity index (χ3n) is 2.29. The number of nitrogens with zero attached hydrogens (tertiary/aromatic N) is 1. The van der Waals surface area contributed by atoms with Crippen LogP contribution in [0.4, 0.5) is 11.4 Å². The van der Waals surface area contributed by atoms with Gasteiger partial charge in [-0.3, -0.25) is 4.79 Å². The lowest BCUT2D eigenvalue weighted by Crippen LogP contribution is -2.18. The Bertz CT molecular complexity index is 494. The topological polar surface area (TPSA) is 54.0 Å². The molecule has 0 radical (unpaired) electrons. The van der Waals surface area contributed by atoms with Crippen LogP contribution >= 0.6 is 0 Å². The Kier molecular flexibility index (Phi) is 3.35. The van der Waals surface area contributed by atoms with E-state index >= 15 is 0 Å².